The van der Waals surface area contributed by atoms with E-state index in [2.05, 4.69) is 49.4 Å². The molecule has 2 aliphatic rings. The number of hydrogen-bond acceptors (Lipinski definition) is 7. The van der Waals surface area contributed by atoms with Gasteiger partial charge in [-0.05, 0) is 71.7 Å². The summed E-state index contributed by atoms with van der Waals surface area (Å²) in [6.45, 7) is 10.6. The Hall–Kier alpha value is -4.40. The lowest BCUT2D eigenvalue weighted by molar-refractivity contribution is -0.112. The van der Waals surface area contributed by atoms with Gasteiger partial charge in [0.2, 0.25) is 5.76 Å². The van der Waals surface area contributed by atoms with Crippen LogP contribution in [0.2, 0.25) is 0 Å². The van der Waals surface area contributed by atoms with E-state index in [4.69, 9.17) is 9.52 Å². The molecule has 9 heteroatoms. The van der Waals surface area contributed by atoms with Crippen molar-refractivity contribution in [2.45, 2.75) is 51.9 Å². The van der Waals surface area contributed by atoms with Crippen LogP contribution in [0.3, 0.4) is 0 Å². The molecule has 0 atom stereocenters. The highest BCUT2D eigenvalue weighted by Gasteiger charge is 2.42. The number of hydrogen-bond donors (Lipinski definition) is 3. The van der Waals surface area contributed by atoms with E-state index in [1.807, 2.05) is 12.1 Å². The van der Waals surface area contributed by atoms with Crippen molar-refractivity contribution in [3.8, 4) is 17.1 Å². The molecule has 190 valence electrons. The van der Waals surface area contributed by atoms with E-state index in [1.54, 1.807) is 25.1 Å². The molecule has 9 nitrogen and oxygen atoms in total. The monoisotopic (exact) mass is 500 g/mol. The summed E-state index contributed by atoms with van der Waals surface area (Å²) >= 11 is 0. The second kappa shape index (κ2) is 8.33. The van der Waals surface area contributed by atoms with Crippen LogP contribution >= 0.6 is 0 Å². The number of carbonyl (C=O) groups excluding carboxylic acids is 1. The van der Waals surface area contributed by atoms with Crippen molar-refractivity contribution in [1.29, 1.82) is 0 Å². The van der Waals surface area contributed by atoms with E-state index in [1.165, 1.54) is 28.3 Å². The maximum atomic E-state index is 13.3. The Morgan fingerprint density at radius 3 is 2.51 bits per heavy atom. The standard InChI is InChI=1S/C28H28N4O5/c1-15-23(30-29-20-8-6-7-17(24(20)33)21-11-12-22(37-21)26(35)36)25(34)32(31-15)16-9-10-18-19(13-16)28(4,5)14-27(18,2)3/h6-13,29,33H,14H2,1-5H3,(H,35,36). The van der Waals surface area contributed by atoms with Crippen LogP contribution in [0, 0.1) is 0 Å². The summed E-state index contributed by atoms with van der Waals surface area (Å²) in [4.78, 5) is 24.4. The van der Waals surface area contributed by atoms with Crippen molar-refractivity contribution in [2.24, 2.45) is 10.2 Å². The van der Waals surface area contributed by atoms with E-state index >= 15 is 0 Å². The van der Waals surface area contributed by atoms with Crippen LogP contribution in [0.15, 0.2) is 63.2 Å². The number of nitrogens with zero attached hydrogens (tertiary/aromatic N) is 3. The first-order chi connectivity index (χ1) is 17.4. The highest BCUT2D eigenvalue weighted by Crippen LogP contribution is 2.50. The molecule has 0 radical (unpaired) electrons. The molecule has 5 rings (SSSR count). The van der Waals surface area contributed by atoms with Crippen LogP contribution in [-0.2, 0) is 15.6 Å². The van der Waals surface area contributed by atoms with Gasteiger partial charge in [0.25, 0.3) is 0 Å². The fourth-order valence-corrected chi connectivity index (χ4v) is 5.46. The van der Waals surface area contributed by atoms with Crippen LogP contribution in [0.1, 0.15) is 62.7 Å². The van der Waals surface area contributed by atoms with Crippen LogP contribution in [0.25, 0.3) is 11.3 Å². The molecule has 1 amide bonds. The number of carboxylic acids is 1. The number of phenols is 1. The zero-order valence-corrected chi connectivity index (χ0v) is 21.3. The van der Waals surface area contributed by atoms with Crippen molar-refractivity contribution >= 4 is 34.7 Å². The zero-order valence-electron chi connectivity index (χ0n) is 21.3. The maximum absolute atomic E-state index is 13.3. The molecule has 3 aromatic rings. The summed E-state index contributed by atoms with van der Waals surface area (Å²) in [6.07, 6.45) is 1.02. The van der Waals surface area contributed by atoms with Gasteiger partial charge in [-0.15, -0.1) is 0 Å². The average molecular weight is 501 g/mol. The Morgan fingerprint density at radius 1 is 1.08 bits per heavy atom. The minimum Gasteiger partial charge on any atom is -0.505 e. The van der Waals surface area contributed by atoms with Crippen molar-refractivity contribution in [3.63, 3.8) is 0 Å². The van der Waals surface area contributed by atoms with Gasteiger partial charge >= 0.3 is 11.9 Å². The molecule has 1 aliphatic carbocycles. The molecule has 1 aliphatic heterocycles. The Balaban J connectivity index is 1.41. The number of fused-ring (bicyclic) bond motifs is 1. The number of carbonyl (C=O) groups is 2. The summed E-state index contributed by atoms with van der Waals surface area (Å²) in [5.74, 6) is -1.84. The third kappa shape index (κ3) is 4.06. The number of nitrogens with one attached hydrogen (secondary N) is 1. The average Bonchev–Trinajstić information content (AvgIpc) is 3.47. The summed E-state index contributed by atoms with van der Waals surface area (Å²) in [7, 11) is 0. The van der Waals surface area contributed by atoms with E-state index in [9.17, 15) is 14.7 Å². The molecule has 0 bridgehead atoms. The smallest absolute Gasteiger partial charge is 0.371 e. The Kier molecular flexibility index (Phi) is 5.47. The predicted molar refractivity (Wildman–Crippen MR) is 142 cm³/mol. The van der Waals surface area contributed by atoms with Crippen molar-refractivity contribution < 1.29 is 24.2 Å². The molecule has 2 heterocycles. The van der Waals surface area contributed by atoms with E-state index in [-0.39, 0.29) is 51.0 Å². The maximum Gasteiger partial charge on any atom is 0.371 e. The lowest BCUT2D eigenvalue weighted by atomic mass is 9.82. The fraction of sp³-hybridized carbons (Fsp3) is 0.286. The molecule has 0 saturated heterocycles. The Morgan fingerprint density at radius 2 is 1.81 bits per heavy atom. The number of aromatic hydroxyl groups is 1. The van der Waals surface area contributed by atoms with Crippen LogP contribution in [0.5, 0.6) is 5.75 Å². The topological polar surface area (TPSA) is 128 Å². The number of rotatable bonds is 5. The number of aromatic carboxylic acids is 1. The number of hydrazone groups is 2. The van der Waals surface area contributed by atoms with Crippen LogP contribution < -0.4 is 10.4 Å². The van der Waals surface area contributed by atoms with Gasteiger partial charge in [0.1, 0.15) is 5.76 Å². The molecular formula is C28H28N4O5. The number of para-hydroxylation sites is 1. The highest BCUT2D eigenvalue weighted by molar-refractivity contribution is 6.71. The van der Waals surface area contributed by atoms with E-state index in [0.29, 0.717) is 11.4 Å². The third-order valence-corrected chi connectivity index (χ3v) is 6.98. The van der Waals surface area contributed by atoms with Gasteiger partial charge < -0.3 is 14.6 Å². The molecule has 0 unspecified atom stereocenters. The predicted octanol–water partition coefficient (Wildman–Crippen LogP) is 5.50. The third-order valence-electron chi connectivity index (χ3n) is 6.98. The van der Waals surface area contributed by atoms with E-state index in [0.717, 1.165) is 6.42 Å². The van der Waals surface area contributed by atoms with Gasteiger partial charge in [0, 0.05) is 0 Å². The minimum atomic E-state index is -1.21. The summed E-state index contributed by atoms with van der Waals surface area (Å²) in [5.41, 5.74) is 7.02. The Labute approximate surface area is 214 Å². The van der Waals surface area contributed by atoms with Gasteiger partial charge in [-0.3, -0.25) is 10.2 Å². The molecule has 0 fully saturated rings. The molecule has 0 spiro atoms. The number of phenolic OH excluding ortho intramolecular Hbond substituents is 1. The Bertz CT molecular complexity index is 1510. The lowest BCUT2D eigenvalue weighted by Gasteiger charge is -2.22. The highest BCUT2D eigenvalue weighted by atomic mass is 16.4. The number of furan rings is 1. The SMILES string of the molecule is CC1=NN(c2ccc3c(c2)C(C)(C)CC3(C)C)C(=O)C1=NNc1cccc(-c2ccc(C(=O)O)o2)c1O. The first kappa shape index (κ1) is 24.3. The van der Waals surface area contributed by atoms with E-state index < -0.39 is 5.97 Å². The molecule has 1 aromatic heterocycles. The van der Waals surface area contributed by atoms with Crippen LogP contribution in [0.4, 0.5) is 11.4 Å². The second-order valence-corrected chi connectivity index (χ2v) is 10.7. The zero-order chi connectivity index (χ0) is 26.7. The van der Waals surface area contributed by atoms with Crippen molar-refractivity contribution in [1.82, 2.24) is 0 Å². The number of amides is 1. The van der Waals surface area contributed by atoms with Gasteiger partial charge in [-0.25, -0.2) is 4.79 Å². The normalized spacial score (nSPS) is 18.7. The van der Waals surface area contributed by atoms with Crippen molar-refractivity contribution in [3.05, 3.63) is 65.4 Å². The van der Waals surface area contributed by atoms with Gasteiger partial charge in [0.05, 0.1) is 22.6 Å². The largest absolute Gasteiger partial charge is 0.505 e. The lowest BCUT2D eigenvalue weighted by Crippen LogP contribution is -2.28. The molecule has 0 saturated carbocycles. The van der Waals surface area contributed by atoms with Gasteiger partial charge in [-0.2, -0.15) is 15.2 Å². The fourth-order valence-electron chi connectivity index (χ4n) is 5.46. The molecule has 2 aromatic carbocycles. The quantitative estimate of drug-likeness (QED) is 0.314. The summed E-state index contributed by atoms with van der Waals surface area (Å²) in [5, 5.41) is 29.9. The first-order valence-electron chi connectivity index (χ1n) is 11.9. The van der Waals surface area contributed by atoms with Crippen molar-refractivity contribution in [2.75, 3.05) is 10.4 Å². The number of anilines is 2. The molecular weight excluding hydrogens is 472 g/mol. The summed E-state index contributed by atoms with van der Waals surface area (Å²) < 4.78 is 5.30. The number of benzene rings is 2. The molecule has 37 heavy (non-hydrogen) atoms. The minimum absolute atomic E-state index is 0.0172. The van der Waals surface area contributed by atoms with Gasteiger partial charge in [-0.1, -0.05) is 39.8 Å². The van der Waals surface area contributed by atoms with Crippen LogP contribution in [-0.4, -0.2) is 33.5 Å². The number of carboxylic acid groups (broad SMARTS) is 1. The summed E-state index contributed by atoms with van der Waals surface area (Å²) in [6, 6.07) is 13.6. The second-order valence-electron chi connectivity index (χ2n) is 10.7. The molecule has 3 N–H and O–H groups in total. The first-order valence-corrected chi connectivity index (χ1v) is 11.9. The van der Waals surface area contributed by atoms with Gasteiger partial charge in [0.15, 0.2) is 11.5 Å².